The number of hydrogen-bond donors (Lipinski definition) is 1. The van der Waals surface area contributed by atoms with Crippen LogP contribution in [-0.4, -0.2) is 13.7 Å². The Morgan fingerprint density at radius 3 is 2.50 bits per heavy atom. The molecule has 1 heterocycles. The van der Waals surface area contributed by atoms with Gasteiger partial charge in [-0.15, -0.1) is 0 Å². The molecule has 0 saturated carbocycles. The van der Waals surface area contributed by atoms with Gasteiger partial charge in [0.15, 0.2) is 0 Å². The Bertz CT molecular complexity index is 387. The zero-order valence-electron chi connectivity index (χ0n) is 10.6. The Kier molecular flexibility index (Phi) is 3.20. The van der Waals surface area contributed by atoms with E-state index in [1.54, 1.807) is 7.11 Å². The van der Waals surface area contributed by atoms with Crippen LogP contribution in [0.3, 0.4) is 0 Å². The van der Waals surface area contributed by atoms with Crippen molar-refractivity contribution in [3.63, 3.8) is 0 Å². The third-order valence-electron chi connectivity index (χ3n) is 3.57. The second kappa shape index (κ2) is 4.46. The minimum absolute atomic E-state index is 0.462. The molecular weight excluding hydrogens is 198 g/mol. The monoisotopic (exact) mass is 219 g/mol. The maximum atomic E-state index is 5.49. The molecule has 0 spiro atoms. The van der Waals surface area contributed by atoms with Crippen LogP contribution in [0.5, 0.6) is 5.75 Å². The molecule has 1 N–H and O–H groups in total. The fourth-order valence-corrected chi connectivity index (χ4v) is 2.41. The Balaban J connectivity index is 2.35. The zero-order valence-corrected chi connectivity index (χ0v) is 10.6. The molecule has 0 aliphatic carbocycles. The number of methoxy groups -OCH3 is 1. The van der Waals surface area contributed by atoms with Gasteiger partial charge in [-0.2, -0.15) is 0 Å². The van der Waals surface area contributed by atoms with Crippen LogP contribution in [0.4, 0.5) is 0 Å². The summed E-state index contributed by atoms with van der Waals surface area (Å²) >= 11 is 0. The quantitative estimate of drug-likeness (QED) is 0.825. The smallest absolute Gasteiger partial charge is 0.123 e. The number of rotatable bonds is 2. The SMILES string of the molecule is COc1cc(C)c(C)cc1[C@@H]1C[C@@H](C)CN1. The summed E-state index contributed by atoms with van der Waals surface area (Å²) in [4.78, 5) is 0. The summed E-state index contributed by atoms with van der Waals surface area (Å²) in [6.07, 6.45) is 1.21. The Morgan fingerprint density at radius 2 is 1.94 bits per heavy atom. The molecule has 2 nitrogen and oxygen atoms in total. The number of aryl methyl sites for hydroxylation is 2. The van der Waals surface area contributed by atoms with Crippen molar-refractivity contribution in [2.24, 2.45) is 5.92 Å². The highest BCUT2D eigenvalue weighted by molar-refractivity contribution is 5.43. The Labute approximate surface area is 98.0 Å². The van der Waals surface area contributed by atoms with Crippen LogP contribution in [0, 0.1) is 19.8 Å². The van der Waals surface area contributed by atoms with Crippen molar-refractivity contribution < 1.29 is 4.74 Å². The summed E-state index contributed by atoms with van der Waals surface area (Å²) in [5.41, 5.74) is 3.96. The van der Waals surface area contributed by atoms with Crippen LogP contribution in [-0.2, 0) is 0 Å². The average molecular weight is 219 g/mol. The van der Waals surface area contributed by atoms with E-state index < -0.39 is 0 Å². The predicted molar refractivity (Wildman–Crippen MR) is 67.0 cm³/mol. The van der Waals surface area contributed by atoms with Gasteiger partial charge in [-0.3, -0.25) is 0 Å². The average Bonchev–Trinajstić information content (AvgIpc) is 2.68. The van der Waals surface area contributed by atoms with Crippen molar-refractivity contribution in [1.29, 1.82) is 0 Å². The first-order chi connectivity index (χ1) is 7.61. The molecule has 2 heteroatoms. The van der Waals surface area contributed by atoms with Crippen molar-refractivity contribution in [2.45, 2.75) is 33.2 Å². The van der Waals surface area contributed by atoms with Crippen LogP contribution in [0.2, 0.25) is 0 Å². The van der Waals surface area contributed by atoms with E-state index in [4.69, 9.17) is 4.74 Å². The molecule has 1 saturated heterocycles. The van der Waals surface area contributed by atoms with Crippen molar-refractivity contribution >= 4 is 0 Å². The lowest BCUT2D eigenvalue weighted by atomic mass is 9.96. The third-order valence-corrected chi connectivity index (χ3v) is 3.57. The predicted octanol–water partition coefficient (Wildman–Crippen LogP) is 2.98. The first kappa shape index (κ1) is 11.5. The highest BCUT2D eigenvalue weighted by atomic mass is 16.5. The highest BCUT2D eigenvalue weighted by Crippen LogP contribution is 2.34. The number of hydrogen-bond acceptors (Lipinski definition) is 2. The lowest BCUT2D eigenvalue weighted by molar-refractivity contribution is 0.402. The fraction of sp³-hybridized carbons (Fsp3) is 0.571. The molecule has 1 aromatic carbocycles. The number of ether oxygens (including phenoxy) is 1. The molecule has 0 unspecified atom stereocenters. The van der Waals surface area contributed by atoms with E-state index >= 15 is 0 Å². The van der Waals surface area contributed by atoms with Gasteiger partial charge < -0.3 is 10.1 Å². The molecule has 2 atom stereocenters. The van der Waals surface area contributed by atoms with E-state index in [0.29, 0.717) is 6.04 Å². The number of nitrogens with one attached hydrogen (secondary N) is 1. The molecule has 0 bridgehead atoms. The zero-order chi connectivity index (χ0) is 11.7. The van der Waals surface area contributed by atoms with E-state index in [0.717, 1.165) is 18.2 Å². The minimum atomic E-state index is 0.462. The molecular formula is C14H21NO. The van der Waals surface area contributed by atoms with Gasteiger partial charge in [0.05, 0.1) is 7.11 Å². The molecule has 1 aliphatic heterocycles. The molecule has 88 valence electrons. The van der Waals surface area contributed by atoms with E-state index in [9.17, 15) is 0 Å². The van der Waals surface area contributed by atoms with Gasteiger partial charge in [0.1, 0.15) is 5.75 Å². The Hall–Kier alpha value is -1.02. The van der Waals surface area contributed by atoms with Crippen molar-refractivity contribution in [1.82, 2.24) is 5.32 Å². The molecule has 0 aromatic heterocycles. The standard InChI is InChI=1S/C14H21NO/c1-9-5-13(15-8-9)12-6-10(2)11(3)7-14(12)16-4/h6-7,9,13,15H,5,8H2,1-4H3/t9-,13+/m1/s1. The maximum absolute atomic E-state index is 5.49. The van der Waals surface area contributed by atoms with Gasteiger partial charge in [0, 0.05) is 11.6 Å². The van der Waals surface area contributed by atoms with Gasteiger partial charge in [-0.1, -0.05) is 13.0 Å². The Morgan fingerprint density at radius 1 is 1.25 bits per heavy atom. The summed E-state index contributed by atoms with van der Waals surface area (Å²) in [5.74, 6) is 1.78. The lowest BCUT2D eigenvalue weighted by Gasteiger charge is -2.17. The van der Waals surface area contributed by atoms with Crippen molar-refractivity contribution in [3.8, 4) is 5.75 Å². The summed E-state index contributed by atoms with van der Waals surface area (Å²) in [5, 5.41) is 3.56. The molecule has 0 amide bonds. The third kappa shape index (κ3) is 2.07. The van der Waals surface area contributed by atoms with Crippen LogP contribution >= 0.6 is 0 Å². The second-order valence-electron chi connectivity index (χ2n) is 4.98. The van der Waals surface area contributed by atoms with Crippen LogP contribution in [0.15, 0.2) is 12.1 Å². The van der Waals surface area contributed by atoms with Gasteiger partial charge in [0.25, 0.3) is 0 Å². The number of benzene rings is 1. The van der Waals surface area contributed by atoms with Crippen molar-refractivity contribution in [2.75, 3.05) is 13.7 Å². The molecule has 1 aliphatic rings. The van der Waals surface area contributed by atoms with E-state index in [2.05, 4.69) is 38.2 Å². The van der Waals surface area contributed by atoms with Crippen LogP contribution in [0.25, 0.3) is 0 Å². The van der Waals surface area contributed by atoms with Crippen molar-refractivity contribution in [3.05, 3.63) is 28.8 Å². The van der Waals surface area contributed by atoms with Gasteiger partial charge in [-0.25, -0.2) is 0 Å². The summed E-state index contributed by atoms with van der Waals surface area (Å²) in [6, 6.07) is 4.88. The van der Waals surface area contributed by atoms with Gasteiger partial charge >= 0.3 is 0 Å². The summed E-state index contributed by atoms with van der Waals surface area (Å²) in [6.45, 7) is 7.70. The molecule has 1 fully saturated rings. The van der Waals surface area contributed by atoms with Gasteiger partial charge in [0.2, 0.25) is 0 Å². The minimum Gasteiger partial charge on any atom is -0.496 e. The van der Waals surface area contributed by atoms with E-state index in [1.807, 2.05) is 0 Å². The topological polar surface area (TPSA) is 21.3 Å². The van der Waals surface area contributed by atoms with E-state index in [1.165, 1.54) is 23.1 Å². The summed E-state index contributed by atoms with van der Waals surface area (Å²) in [7, 11) is 1.76. The first-order valence-corrected chi connectivity index (χ1v) is 6.00. The molecule has 0 radical (unpaired) electrons. The normalized spacial score (nSPS) is 24.8. The van der Waals surface area contributed by atoms with Crippen LogP contribution < -0.4 is 10.1 Å². The second-order valence-corrected chi connectivity index (χ2v) is 4.98. The fourth-order valence-electron chi connectivity index (χ4n) is 2.41. The maximum Gasteiger partial charge on any atom is 0.123 e. The molecule has 1 aromatic rings. The first-order valence-electron chi connectivity index (χ1n) is 6.00. The van der Waals surface area contributed by atoms with E-state index in [-0.39, 0.29) is 0 Å². The largest absolute Gasteiger partial charge is 0.496 e. The lowest BCUT2D eigenvalue weighted by Crippen LogP contribution is -2.14. The summed E-state index contributed by atoms with van der Waals surface area (Å²) < 4.78 is 5.49. The molecule has 2 rings (SSSR count). The molecule has 16 heavy (non-hydrogen) atoms. The van der Waals surface area contributed by atoms with Crippen LogP contribution in [0.1, 0.15) is 36.1 Å². The van der Waals surface area contributed by atoms with Gasteiger partial charge in [-0.05, 0) is 49.9 Å². The highest BCUT2D eigenvalue weighted by Gasteiger charge is 2.24.